The number of carboxylic acid groups (broad SMARTS) is 1. The SMILES string of the molecule is O=C(O)C1CCN(c2nc3nccc(C(F)F)n3n2)CC1. The maximum absolute atomic E-state index is 12.9. The molecule has 0 aliphatic carbocycles. The Labute approximate surface area is 118 Å². The van der Waals surface area contributed by atoms with Gasteiger partial charge in [0.15, 0.2) is 0 Å². The Morgan fingerprint density at radius 2 is 2.10 bits per heavy atom. The summed E-state index contributed by atoms with van der Waals surface area (Å²) in [5.74, 6) is -0.755. The van der Waals surface area contributed by atoms with Crippen molar-refractivity contribution in [1.29, 1.82) is 0 Å². The van der Waals surface area contributed by atoms with E-state index in [4.69, 9.17) is 5.11 Å². The van der Waals surface area contributed by atoms with Crippen molar-refractivity contribution < 1.29 is 18.7 Å². The first-order valence-electron chi connectivity index (χ1n) is 6.54. The fraction of sp³-hybridized carbons (Fsp3) is 0.500. The fourth-order valence-electron chi connectivity index (χ4n) is 2.43. The molecule has 21 heavy (non-hydrogen) atoms. The quantitative estimate of drug-likeness (QED) is 0.921. The molecular weight excluding hydrogens is 284 g/mol. The minimum atomic E-state index is -2.66. The topological polar surface area (TPSA) is 83.6 Å². The fourth-order valence-corrected chi connectivity index (χ4v) is 2.43. The molecule has 0 saturated carbocycles. The van der Waals surface area contributed by atoms with E-state index in [1.807, 2.05) is 0 Å². The summed E-state index contributed by atoms with van der Waals surface area (Å²) in [6.45, 7) is 0.968. The van der Waals surface area contributed by atoms with Crippen molar-refractivity contribution in [3.8, 4) is 0 Å². The molecule has 0 radical (unpaired) electrons. The first-order chi connectivity index (χ1) is 10.1. The summed E-state index contributed by atoms with van der Waals surface area (Å²) in [5, 5.41) is 13.0. The first-order valence-corrected chi connectivity index (χ1v) is 6.54. The van der Waals surface area contributed by atoms with Gasteiger partial charge in [0.1, 0.15) is 5.69 Å². The van der Waals surface area contributed by atoms with Crippen LogP contribution in [0.3, 0.4) is 0 Å². The number of carbonyl (C=O) groups is 1. The zero-order valence-electron chi connectivity index (χ0n) is 11.0. The van der Waals surface area contributed by atoms with Crippen LogP contribution in [0.1, 0.15) is 25.0 Å². The second-order valence-corrected chi connectivity index (χ2v) is 4.89. The van der Waals surface area contributed by atoms with Crippen molar-refractivity contribution in [3.05, 3.63) is 18.0 Å². The van der Waals surface area contributed by atoms with Crippen molar-refractivity contribution in [2.45, 2.75) is 19.3 Å². The van der Waals surface area contributed by atoms with Crippen LogP contribution in [0.5, 0.6) is 0 Å². The number of alkyl halides is 2. The molecule has 1 aliphatic heterocycles. The lowest BCUT2D eigenvalue weighted by Crippen LogP contribution is -2.36. The molecular formula is C12H13F2N5O2. The first kappa shape index (κ1) is 13.7. The molecule has 2 aromatic rings. The molecule has 7 nitrogen and oxygen atoms in total. The highest BCUT2D eigenvalue weighted by molar-refractivity contribution is 5.70. The molecule has 3 rings (SSSR count). The minimum absolute atomic E-state index is 0.114. The molecule has 112 valence electrons. The minimum Gasteiger partial charge on any atom is -0.481 e. The number of aliphatic carboxylic acids is 1. The number of carboxylic acids is 1. The molecule has 1 N–H and O–H groups in total. The van der Waals surface area contributed by atoms with Gasteiger partial charge in [-0.15, -0.1) is 5.10 Å². The summed E-state index contributed by atoms with van der Waals surface area (Å²) in [7, 11) is 0. The summed E-state index contributed by atoms with van der Waals surface area (Å²) >= 11 is 0. The molecule has 9 heteroatoms. The predicted molar refractivity (Wildman–Crippen MR) is 68.3 cm³/mol. The molecule has 1 fully saturated rings. The van der Waals surface area contributed by atoms with Crippen LogP contribution in [0.15, 0.2) is 12.3 Å². The number of hydrogen-bond acceptors (Lipinski definition) is 5. The van der Waals surface area contributed by atoms with Gasteiger partial charge >= 0.3 is 5.97 Å². The van der Waals surface area contributed by atoms with E-state index in [9.17, 15) is 13.6 Å². The molecule has 0 amide bonds. The second kappa shape index (κ2) is 5.23. The third kappa shape index (κ3) is 2.50. The van der Waals surface area contributed by atoms with E-state index < -0.39 is 12.4 Å². The number of halogens is 2. The highest BCUT2D eigenvalue weighted by atomic mass is 19.3. The summed E-state index contributed by atoms with van der Waals surface area (Å²) in [5.41, 5.74) is -0.265. The van der Waals surface area contributed by atoms with Crippen molar-refractivity contribution in [3.63, 3.8) is 0 Å². The summed E-state index contributed by atoms with van der Waals surface area (Å²) < 4.78 is 26.8. The molecule has 1 saturated heterocycles. The van der Waals surface area contributed by atoms with Gasteiger partial charge in [-0.1, -0.05) is 0 Å². The average molecular weight is 297 g/mol. The van der Waals surface area contributed by atoms with E-state index in [1.165, 1.54) is 12.3 Å². The third-order valence-electron chi connectivity index (χ3n) is 3.61. The van der Waals surface area contributed by atoms with Crippen LogP contribution in [0.25, 0.3) is 5.78 Å². The number of hydrogen-bond donors (Lipinski definition) is 1. The van der Waals surface area contributed by atoms with E-state index in [-0.39, 0.29) is 17.4 Å². The van der Waals surface area contributed by atoms with Crippen molar-refractivity contribution >= 4 is 17.7 Å². The molecule has 0 spiro atoms. The van der Waals surface area contributed by atoms with Crippen LogP contribution >= 0.6 is 0 Å². The maximum Gasteiger partial charge on any atom is 0.306 e. The van der Waals surface area contributed by atoms with Gasteiger partial charge in [-0.3, -0.25) is 4.79 Å². The Balaban J connectivity index is 1.86. The molecule has 0 unspecified atom stereocenters. The molecule has 0 bridgehead atoms. The zero-order valence-corrected chi connectivity index (χ0v) is 11.0. The largest absolute Gasteiger partial charge is 0.481 e. The number of anilines is 1. The molecule has 3 heterocycles. The Morgan fingerprint density at radius 1 is 1.38 bits per heavy atom. The summed E-state index contributed by atoms with van der Waals surface area (Å²) in [6.07, 6.45) is -0.422. The van der Waals surface area contributed by atoms with Gasteiger partial charge in [-0.05, 0) is 18.9 Å². The number of aromatic nitrogens is 4. The van der Waals surface area contributed by atoms with E-state index >= 15 is 0 Å². The lowest BCUT2D eigenvalue weighted by molar-refractivity contribution is -0.142. The van der Waals surface area contributed by atoms with Gasteiger partial charge in [-0.25, -0.2) is 13.8 Å². The van der Waals surface area contributed by atoms with E-state index in [1.54, 1.807) is 4.90 Å². The monoisotopic (exact) mass is 297 g/mol. The number of piperidine rings is 1. The van der Waals surface area contributed by atoms with Crippen LogP contribution in [0.2, 0.25) is 0 Å². The van der Waals surface area contributed by atoms with Gasteiger partial charge in [0, 0.05) is 19.3 Å². The number of fused-ring (bicyclic) bond motifs is 1. The Morgan fingerprint density at radius 3 is 2.71 bits per heavy atom. The van der Waals surface area contributed by atoms with E-state index in [2.05, 4.69) is 15.1 Å². The van der Waals surface area contributed by atoms with Crippen LogP contribution in [-0.2, 0) is 4.79 Å². The highest BCUT2D eigenvalue weighted by Gasteiger charge is 2.27. The molecule has 0 aromatic carbocycles. The van der Waals surface area contributed by atoms with Crippen molar-refractivity contribution in [1.82, 2.24) is 19.6 Å². The van der Waals surface area contributed by atoms with Crippen LogP contribution in [0, 0.1) is 5.92 Å². The van der Waals surface area contributed by atoms with Crippen LogP contribution < -0.4 is 4.90 Å². The summed E-state index contributed by atoms with van der Waals surface area (Å²) in [6, 6.07) is 1.20. The Bertz CT molecular complexity index is 667. The van der Waals surface area contributed by atoms with E-state index in [0.717, 1.165) is 4.52 Å². The average Bonchev–Trinajstić information content (AvgIpc) is 2.90. The lowest BCUT2D eigenvalue weighted by Gasteiger charge is -2.28. The number of nitrogens with zero attached hydrogens (tertiary/aromatic N) is 5. The van der Waals surface area contributed by atoms with Gasteiger partial charge in [-0.2, -0.15) is 9.50 Å². The number of rotatable bonds is 3. The van der Waals surface area contributed by atoms with Gasteiger partial charge in [0.2, 0.25) is 5.95 Å². The zero-order chi connectivity index (χ0) is 15.0. The van der Waals surface area contributed by atoms with Gasteiger partial charge < -0.3 is 10.0 Å². The highest BCUT2D eigenvalue weighted by Crippen LogP contribution is 2.23. The Hall–Kier alpha value is -2.32. The van der Waals surface area contributed by atoms with Crippen LogP contribution in [0.4, 0.5) is 14.7 Å². The van der Waals surface area contributed by atoms with Crippen molar-refractivity contribution in [2.24, 2.45) is 5.92 Å². The molecule has 2 aromatic heterocycles. The van der Waals surface area contributed by atoms with Gasteiger partial charge in [0.05, 0.1) is 5.92 Å². The molecule has 1 aliphatic rings. The van der Waals surface area contributed by atoms with Crippen molar-refractivity contribution in [2.75, 3.05) is 18.0 Å². The van der Waals surface area contributed by atoms with E-state index in [0.29, 0.717) is 31.9 Å². The lowest BCUT2D eigenvalue weighted by atomic mass is 9.97. The third-order valence-corrected chi connectivity index (χ3v) is 3.61. The van der Waals surface area contributed by atoms with Gasteiger partial charge in [0.25, 0.3) is 12.2 Å². The normalized spacial score (nSPS) is 16.8. The predicted octanol–water partition coefficient (Wildman–Crippen LogP) is 1.36. The smallest absolute Gasteiger partial charge is 0.306 e. The second-order valence-electron chi connectivity index (χ2n) is 4.89. The Kier molecular flexibility index (Phi) is 3.40. The molecule has 0 atom stereocenters. The summed E-state index contributed by atoms with van der Waals surface area (Å²) in [4.78, 5) is 20.8. The maximum atomic E-state index is 12.9. The van der Waals surface area contributed by atoms with Crippen LogP contribution in [-0.4, -0.2) is 43.7 Å². The standard InChI is InChI=1S/C12H13F2N5O2/c13-9(14)8-1-4-15-11-16-12(17-19(8)11)18-5-2-7(3-6-18)10(20)21/h1,4,7,9H,2-3,5-6H2,(H,20,21).